The molecule has 11 rings (SSSR count). The van der Waals surface area contributed by atoms with Gasteiger partial charge in [-0.3, -0.25) is 19.8 Å². The molecule has 1 amide bonds. The second kappa shape index (κ2) is 19.9. The van der Waals surface area contributed by atoms with Crippen LogP contribution in [0, 0.1) is 26.9 Å². The number of nitro benzene ring substituents is 1. The lowest BCUT2D eigenvalue weighted by atomic mass is 9.59. The number of H-pyrrole nitrogens is 1. The quantitative estimate of drug-likeness (QED) is 0.0640. The Morgan fingerprint density at radius 3 is 2.48 bits per heavy atom. The molecule has 6 aliphatic rings. The number of aromatic nitrogens is 2. The number of anilines is 4. The number of aliphatic hydroxyl groups is 1. The highest BCUT2D eigenvalue weighted by Gasteiger charge is 2.51. The molecule has 3 atom stereocenters. The van der Waals surface area contributed by atoms with Crippen molar-refractivity contribution in [3.63, 3.8) is 0 Å². The van der Waals surface area contributed by atoms with E-state index in [9.17, 15) is 28.4 Å². The molecule has 3 aromatic carbocycles. The number of likely N-dealkylation sites (tertiary alicyclic amines) is 1. The van der Waals surface area contributed by atoms with Crippen molar-refractivity contribution in [3.8, 4) is 11.6 Å². The standard InChI is InChI=1S/C57H72N8O9S/c1-36(2)73-50-9-7-6-8-42(50)49-33-55(3,4)20-26-63(49)40-31-57(32-40)21-24-62(25-22-57)39-10-12-43(46(29-39)64-45-17-27-72-35-51(45)74-54-48(64)28-38-16-23-58-52(38)60-54)53(66)61-75(70,71)41-11-13-44(47(30-41)65(68)69)59-34-37-14-18-56(5,67)19-15-37/h6-13,16,23,28-30,36-37,40,45,49,51,59,67H,14-15,17-22,24-27,31-35H2,1-5H3,(H,58,60)(H,61,66)/t37?,45-,49-,51-,56?/m0/s1. The average molecular weight is 1050 g/mol. The first kappa shape index (κ1) is 51.2. The molecule has 5 aromatic rings. The van der Waals surface area contributed by atoms with Crippen LogP contribution < -0.4 is 29.3 Å². The first-order chi connectivity index (χ1) is 35.8. The number of carbonyl (C=O) groups excluding carboxylic acids is 1. The molecule has 17 nitrogen and oxygen atoms in total. The van der Waals surface area contributed by atoms with Crippen LogP contribution in [0.1, 0.15) is 127 Å². The maximum atomic E-state index is 14.8. The minimum atomic E-state index is -4.63. The van der Waals surface area contributed by atoms with Crippen molar-refractivity contribution < 1.29 is 37.5 Å². The fourth-order valence-corrected chi connectivity index (χ4v) is 14.0. The summed E-state index contributed by atoms with van der Waals surface area (Å²) in [4.78, 5) is 41.4. The average Bonchev–Trinajstić information content (AvgIpc) is 3.84. The third-order valence-corrected chi connectivity index (χ3v) is 18.7. The van der Waals surface area contributed by atoms with E-state index in [1.165, 1.54) is 17.7 Å². The third kappa shape index (κ3) is 10.4. The van der Waals surface area contributed by atoms with E-state index in [0.29, 0.717) is 74.0 Å². The van der Waals surface area contributed by atoms with E-state index in [1.807, 2.05) is 37.4 Å². The molecule has 6 heterocycles. The Morgan fingerprint density at radius 2 is 1.72 bits per heavy atom. The van der Waals surface area contributed by atoms with Gasteiger partial charge in [0.05, 0.1) is 45.4 Å². The molecule has 1 spiro atoms. The number of hydrogen-bond acceptors (Lipinski definition) is 14. The van der Waals surface area contributed by atoms with Crippen LogP contribution in [0.25, 0.3) is 11.0 Å². The van der Waals surface area contributed by atoms with Crippen molar-refractivity contribution >= 4 is 55.4 Å². The largest absolute Gasteiger partial charge is 0.491 e. The Balaban J connectivity index is 0.861. The number of para-hydroxylation sites is 1. The molecule has 75 heavy (non-hydrogen) atoms. The van der Waals surface area contributed by atoms with Gasteiger partial charge in [0.2, 0.25) is 5.88 Å². The summed E-state index contributed by atoms with van der Waals surface area (Å²) in [5.41, 5.74) is 3.61. The highest BCUT2D eigenvalue weighted by atomic mass is 32.2. The van der Waals surface area contributed by atoms with Gasteiger partial charge in [0, 0.05) is 67.2 Å². The lowest BCUT2D eigenvalue weighted by molar-refractivity contribution is -0.384. The zero-order valence-corrected chi connectivity index (χ0v) is 44.7. The van der Waals surface area contributed by atoms with Crippen LogP contribution in [0.2, 0.25) is 0 Å². The summed E-state index contributed by atoms with van der Waals surface area (Å²) in [6, 6.07) is 22.3. The van der Waals surface area contributed by atoms with Crippen LogP contribution in [0.4, 0.5) is 28.4 Å². The third-order valence-electron chi connectivity index (χ3n) is 17.4. The molecule has 3 saturated heterocycles. The summed E-state index contributed by atoms with van der Waals surface area (Å²) in [6.07, 6.45) is 11.4. The minimum absolute atomic E-state index is 0.0914. The van der Waals surface area contributed by atoms with Gasteiger partial charge in [-0.2, -0.15) is 4.98 Å². The molecule has 5 fully saturated rings. The minimum Gasteiger partial charge on any atom is -0.491 e. The number of aromatic amines is 1. The van der Waals surface area contributed by atoms with E-state index in [0.717, 1.165) is 93.9 Å². The smallest absolute Gasteiger partial charge is 0.293 e. The summed E-state index contributed by atoms with van der Waals surface area (Å²) >= 11 is 0. The lowest BCUT2D eigenvalue weighted by Crippen LogP contribution is -2.57. The van der Waals surface area contributed by atoms with Gasteiger partial charge in [0.25, 0.3) is 21.6 Å². The van der Waals surface area contributed by atoms with Gasteiger partial charge >= 0.3 is 0 Å². The molecule has 0 bridgehead atoms. The number of benzene rings is 3. The number of ether oxygens (including phenoxy) is 3. The number of pyridine rings is 1. The Labute approximate surface area is 439 Å². The van der Waals surface area contributed by atoms with Crippen molar-refractivity contribution in [2.24, 2.45) is 16.7 Å². The summed E-state index contributed by atoms with van der Waals surface area (Å²) in [6.45, 7) is 14.7. The number of carbonyl (C=O) groups is 1. The van der Waals surface area contributed by atoms with E-state index in [4.69, 9.17) is 19.2 Å². The molecule has 0 unspecified atom stereocenters. The Morgan fingerprint density at radius 1 is 0.947 bits per heavy atom. The SMILES string of the molecule is CC(C)Oc1ccccc1[C@@H]1CC(C)(C)CCN1C1CC2(CCN(c3ccc(C(=O)NS(=O)(=O)c4ccc(NCC5CCC(C)(O)CC5)c([N+](=O)[O-])c4)c(N4c5cc6cc[nH]c6nc5O[C@H]5COCC[C@@H]54)c3)CC2)C1. The second-order valence-corrected chi connectivity index (χ2v) is 25.4. The molecule has 2 aromatic heterocycles. The van der Waals surface area contributed by atoms with Gasteiger partial charge in [-0.15, -0.1) is 0 Å². The molecule has 4 N–H and O–H groups in total. The molecule has 4 aliphatic heterocycles. The van der Waals surface area contributed by atoms with Crippen LogP contribution >= 0.6 is 0 Å². The normalized spacial score (nSPS) is 25.7. The van der Waals surface area contributed by atoms with E-state index >= 15 is 0 Å². The van der Waals surface area contributed by atoms with Crippen LogP contribution in [0.5, 0.6) is 11.6 Å². The second-order valence-electron chi connectivity index (χ2n) is 23.7. The number of piperidine rings is 2. The van der Waals surface area contributed by atoms with Crippen molar-refractivity contribution in [2.45, 2.75) is 146 Å². The monoisotopic (exact) mass is 1040 g/mol. The van der Waals surface area contributed by atoms with E-state index < -0.39 is 43.1 Å². The highest BCUT2D eigenvalue weighted by molar-refractivity contribution is 7.90. The van der Waals surface area contributed by atoms with Crippen molar-refractivity contribution in [1.29, 1.82) is 0 Å². The summed E-state index contributed by atoms with van der Waals surface area (Å²) in [5.74, 6) is 0.674. The molecular weight excluding hydrogens is 973 g/mol. The zero-order valence-electron chi connectivity index (χ0n) is 43.8. The number of nitro groups is 1. The first-order valence-corrected chi connectivity index (χ1v) is 28.6. The highest BCUT2D eigenvalue weighted by Crippen LogP contribution is 2.56. The van der Waals surface area contributed by atoms with Crippen molar-refractivity contribution in [2.75, 3.05) is 54.5 Å². The Bertz CT molecular complexity index is 3060. The number of nitrogens with zero attached hydrogens (tertiary/aromatic N) is 5. The zero-order chi connectivity index (χ0) is 52.4. The molecule has 0 radical (unpaired) electrons. The Kier molecular flexibility index (Phi) is 13.6. The van der Waals surface area contributed by atoms with Gasteiger partial charge in [-0.1, -0.05) is 32.0 Å². The maximum Gasteiger partial charge on any atom is 0.293 e. The number of amides is 1. The number of nitrogens with one attached hydrogen (secondary N) is 3. The van der Waals surface area contributed by atoms with Crippen molar-refractivity contribution in [1.82, 2.24) is 19.6 Å². The maximum absolute atomic E-state index is 14.8. The molecule has 2 saturated carbocycles. The van der Waals surface area contributed by atoms with Crippen LogP contribution in [0.3, 0.4) is 0 Å². The lowest BCUT2D eigenvalue weighted by Gasteiger charge is -2.59. The fourth-order valence-electron chi connectivity index (χ4n) is 13.0. The number of sulfonamides is 1. The molecular formula is C57H72N8O9S. The van der Waals surface area contributed by atoms with Gasteiger partial charge in [0.1, 0.15) is 28.9 Å². The predicted molar refractivity (Wildman–Crippen MR) is 289 cm³/mol. The summed E-state index contributed by atoms with van der Waals surface area (Å²) < 4.78 is 49.6. The first-order valence-electron chi connectivity index (χ1n) is 27.1. The van der Waals surface area contributed by atoms with Gasteiger partial charge in [-0.25, -0.2) is 13.1 Å². The molecule has 400 valence electrons. The molecule has 2 aliphatic carbocycles. The number of rotatable bonds is 13. The fraction of sp³-hybridized carbons (Fsp3) is 0.544. The summed E-state index contributed by atoms with van der Waals surface area (Å²) in [5, 5.41) is 26.8. The van der Waals surface area contributed by atoms with Crippen LogP contribution in [0.15, 0.2) is 83.9 Å². The predicted octanol–water partition coefficient (Wildman–Crippen LogP) is 10.0. The van der Waals surface area contributed by atoms with E-state index in [-0.39, 0.29) is 40.1 Å². The number of fused-ring (bicyclic) bond motifs is 3. The van der Waals surface area contributed by atoms with Crippen LogP contribution in [-0.2, 0) is 14.8 Å². The van der Waals surface area contributed by atoms with Crippen molar-refractivity contribution in [3.05, 3.63) is 100 Å². The molecule has 18 heteroatoms. The summed E-state index contributed by atoms with van der Waals surface area (Å²) in [7, 11) is -4.63. The van der Waals surface area contributed by atoms with E-state index in [1.54, 1.807) is 6.07 Å². The van der Waals surface area contributed by atoms with Crippen LogP contribution in [-0.4, -0.2) is 109 Å². The van der Waals surface area contributed by atoms with E-state index in [2.05, 4.69) is 81.7 Å². The number of hydrogen-bond donors (Lipinski definition) is 4. The Hall–Kier alpha value is -5.95. The van der Waals surface area contributed by atoms with Gasteiger partial charge < -0.3 is 39.4 Å². The van der Waals surface area contributed by atoms with Gasteiger partial charge in [0.15, 0.2) is 0 Å². The van der Waals surface area contributed by atoms with Gasteiger partial charge in [-0.05, 0) is 163 Å². The topological polar surface area (TPSA) is 205 Å².